The number of carbonyl (C=O) groups excluding carboxylic acids is 1. The molecule has 4 rings (SSSR count). The van der Waals surface area contributed by atoms with Crippen molar-refractivity contribution >= 4 is 38.6 Å². The maximum atomic E-state index is 13.1. The normalized spacial score (nSPS) is 12.4. The van der Waals surface area contributed by atoms with Gasteiger partial charge in [0.1, 0.15) is 11.6 Å². The van der Waals surface area contributed by atoms with E-state index in [9.17, 15) is 18.0 Å². The molecule has 0 spiro atoms. The van der Waals surface area contributed by atoms with Gasteiger partial charge in [-0.15, -0.1) is 0 Å². The number of fused-ring (bicyclic) bond motifs is 1. The third kappa shape index (κ3) is 6.28. The van der Waals surface area contributed by atoms with Gasteiger partial charge in [-0.25, -0.2) is 18.0 Å². The number of sulfonamides is 1. The van der Waals surface area contributed by atoms with Crippen molar-refractivity contribution in [2.24, 2.45) is 0 Å². The highest BCUT2D eigenvalue weighted by atomic mass is 35.5. The van der Waals surface area contributed by atoms with Crippen molar-refractivity contribution in [2.45, 2.75) is 44.0 Å². The van der Waals surface area contributed by atoms with E-state index in [-0.39, 0.29) is 27.7 Å². The van der Waals surface area contributed by atoms with Crippen molar-refractivity contribution in [3.05, 3.63) is 93.8 Å². The fraction of sp³-hybridized carbons (Fsp3) is 0.214. The maximum Gasteiger partial charge on any atom is 0.336 e. The van der Waals surface area contributed by atoms with Crippen LogP contribution in [0.25, 0.3) is 22.1 Å². The molecule has 0 radical (unpaired) electrons. The largest absolute Gasteiger partial charge is 0.424 e. The SMILES string of the molecule is CCCCC(NS(=O)(=O)c1ccc(C)cc1)C(=O)Oc1cc2oc(=O)cc(-c3ccccc3)c2cc1Cl. The number of rotatable bonds is 9. The zero-order valence-electron chi connectivity index (χ0n) is 20.4. The number of nitrogens with one attached hydrogen (secondary N) is 1. The van der Waals surface area contributed by atoms with Crippen LogP contribution in [0.4, 0.5) is 0 Å². The Bertz CT molecular complexity index is 1580. The summed E-state index contributed by atoms with van der Waals surface area (Å²) < 4.78 is 39.2. The molecule has 4 aromatic rings. The monoisotopic (exact) mass is 539 g/mol. The van der Waals surface area contributed by atoms with Crippen molar-refractivity contribution in [2.75, 3.05) is 0 Å². The highest BCUT2D eigenvalue weighted by molar-refractivity contribution is 7.89. The highest BCUT2D eigenvalue weighted by Gasteiger charge is 2.28. The van der Waals surface area contributed by atoms with E-state index >= 15 is 0 Å². The fourth-order valence-electron chi connectivity index (χ4n) is 3.88. The first-order valence-corrected chi connectivity index (χ1v) is 13.7. The summed E-state index contributed by atoms with van der Waals surface area (Å²) in [6, 6.07) is 18.8. The van der Waals surface area contributed by atoms with E-state index in [1.54, 1.807) is 18.2 Å². The third-order valence-corrected chi connectivity index (χ3v) is 7.63. The molecule has 1 aromatic heterocycles. The van der Waals surface area contributed by atoms with Crippen molar-refractivity contribution in [1.82, 2.24) is 4.72 Å². The van der Waals surface area contributed by atoms with Gasteiger partial charge in [0.2, 0.25) is 10.0 Å². The Labute approximate surface area is 220 Å². The molecule has 0 aliphatic heterocycles. The zero-order chi connectivity index (χ0) is 26.6. The lowest BCUT2D eigenvalue weighted by Crippen LogP contribution is -2.43. The molecule has 192 valence electrons. The summed E-state index contributed by atoms with van der Waals surface area (Å²) in [6.45, 7) is 3.78. The summed E-state index contributed by atoms with van der Waals surface area (Å²) >= 11 is 6.46. The van der Waals surface area contributed by atoms with Gasteiger partial charge in [-0.1, -0.05) is 79.4 Å². The van der Waals surface area contributed by atoms with Crippen molar-refractivity contribution in [3.63, 3.8) is 0 Å². The second kappa shape index (κ2) is 11.3. The van der Waals surface area contributed by atoms with Crippen LogP contribution in [0, 0.1) is 6.92 Å². The highest BCUT2D eigenvalue weighted by Crippen LogP contribution is 2.35. The number of ether oxygens (including phenoxy) is 1. The first-order chi connectivity index (χ1) is 17.7. The van der Waals surface area contributed by atoms with Gasteiger partial charge >= 0.3 is 11.6 Å². The minimum Gasteiger partial charge on any atom is -0.424 e. The molecule has 3 aromatic carbocycles. The molecule has 0 aliphatic rings. The van der Waals surface area contributed by atoms with E-state index in [2.05, 4.69) is 4.72 Å². The summed E-state index contributed by atoms with van der Waals surface area (Å²) in [6.07, 6.45) is 1.58. The second-order valence-electron chi connectivity index (χ2n) is 8.67. The van der Waals surface area contributed by atoms with Gasteiger partial charge in [0.05, 0.1) is 9.92 Å². The maximum absolute atomic E-state index is 13.1. The van der Waals surface area contributed by atoms with Crippen molar-refractivity contribution in [3.8, 4) is 16.9 Å². The Balaban J connectivity index is 1.65. The predicted octanol–water partition coefficient (Wildman–Crippen LogP) is 5.86. The van der Waals surface area contributed by atoms with Crippen LogP contribution in [-0.4, -0.2) is 20.4 Å². The van der Waals surface area contributed by atoms with Crippen LogP contribution in [0.3, 0.4) is 0 Å². The number of halogens is 1. The Kier molecular flexibility index (Phi) is 8.12. The lowest BCUT2D eigenvalue weighted by atomic mass is 10.0. The Morgan fingerprint density at radius 2 is 1.76 bits per heavy atom. The summed E-state index contributed by atoms with van der Waals surface area (Å²) in [7, 11) is -3.97. The molecule has 0 aliphatic carbocycles. The van der Waals surface area contributed by atoms with Crippen molar-refractivity contribution < 1.29 is 22.4 Å². The lowest BCUT2D eigenvalue weighted by Gasteiger charge is -2.18. The summed E-state index contributed by atoms with van der Waals surface area (Å²) in [5.41, 5.74) is 1.94. The third-order valence-electron chi connectivity index (χ3n) is 5.85. The average Bonchev–Trinajstić information content (AvgIpc) is 2.87. The van der Waals surface area contributed by atoms with Crippen molar-refractivity contribution in [1.29, 1.82) is 0 Å². The molecule has 0 amide bonds. The zero-order valence-corrected chi connectivity index (χ0v) is 21.9. The number of esters is 1. The van der Waals surface area contributed by atoms with Crippen LogP contribution < -0.4 is 15.1 Å². The van der Waals surface area contributed by atoms with Crippen LogP contribution in [0.5, 0.6) is 5.75 Å². The molecule has 1 N–H and O–H groups in total. The Hall–Kier alpha value is -3.46. The molecule has 0 bridgehead atoms. The van der Waals surface area contributed by atoms with Crippen LogP contribution in [0.15, 0.2) is 86.9 Å². The van der Waals surface area contributed by atoms with E-state index in [1.807, 2.05) is 44.2 Å². The van der Waals surface area contributed by atoms with Gasteiger partial charge in [-0.05, 0) is 42.7 Å². The van der Waals surface area contributed by atoms with Gasteiger partial charge in [0.15, 0.2) is 5.75 Å². The molecule has 9 heteroatoms. The number of hydrogen-bond acceptors (Lipinski definition) is 6. The summed E-state index contributed by atoms with van der Waals surface area (Å²) in [5.74, 6) is -0.851. The fourth-order valence-corrected chi connectivity index (χ4v) is 5.30. The molecular weight excluding hydrogens is 514 g/mol. The number of unbranched alkanes of at least 4 members (excludes halogenated alkanes) is 1. The topological polar surface area (TPSA) is 103 Å². The molecule has 37 heavy (non-hydrogen) atoms. The quantitative estimate of drug-likeness (QED) is 0.162. The molecule has 7 nitrogen and oxygen atoms in total. The summed E-state index contributed by atoms with van der Waals surface area (Å²) in [5, 5.41) is 0.681. The standard InChI is InChI=1S/C28H26ClNO6S/c1-3-4-10-24(30-37(33,34)20-13-11-18(2)12-14-20)28(32)36-26-17-25-22(15-23(26)29)21(16-27(31)35-25)19-8-6-5-7-9-19/h5-9,11-17,24,30H,3-4,10H2,1-2H3. The van der Waals surface area contributed by atoms with Gasteiger partial charge in [0.25, 0.3) is 0 Å². The van der Waals surface area contributed by atoms with E-state index in [0.717, 1.165) is 17.5 Å². The van der Waals surface area contributed by atoms with Gasteiger partial charge < -0.3 is 9.15 Å². The van der Waals surface area contributed by atoms with E-state index in [4.69, 9.17) is 20.8 Å². The minimum absolute atomic E-state index is 0.0384. The first kappa shape index (κ1) is 26.6. The molecule has 1 atom stereocenters. The average molecular weight is 540 g/mol. The number of carbonyl (C=O) groups is 1. The lowest BCUT2D eigenvalue weighted by molar-refractivity contribution is -0.136. The number of benzene rings is 3. The van der Waals surface area contributed by atoms with Gasteiger partial charge in [0, 0.05) is 17.5 Å². The van der Waals surface area contributed by atoms with Crippen LogP contribution in [0.2, 0.25) is 5.02 Å². The number of aryl methyl sites for hydroxylation is 1. The van der Waals surface area contributed by atoms with Crippen LogP contribution in [0.1, 0.15) is 31.7 Å². The Morgan fingerprint density at radius 1 is 1.05 bits per heavy atom. The minimum atomic E-state index is -3.97. The van der Waals surface area contributed by atoms with Crippen LogP contribution in [-0.2, 0) is 14.8 Å². The van der Waals surface area contributed by atoms with Gasteiger partial charge in [-0.3, -0.25) is 0 Å². The Morgan fingerprint density at radius 3 is 2.43 bits per heavy atom. The molecule has 0 saturated carbocycles. The molecule has 0 saturated heterocycles. The molecule has 1 heterocycles. The van der Waals surface area contributed by atoms with Crippen LogP contribution >= 0.6 is 11.6 Å². The van der Waals surface area contributed by atoms with E-state index in [1.165, 1.54) is 24.3 Å². The molecule has 1 unspecified atom stereocenters. The van der Waals surface area contributed by atoms with Gasteiger partial charge in [-0.2, -0.15) is 4.72 Å². The first-order valence-electron chi connectivity index (χ1n) is 11.8. The van der Waals surface area contributed by atoms with E-state index < -0.39 is 27.7 Å². The molecular formula is C28H26ClNO6S. The predicted molar refractivity (Wildman–Crippen MR) is 143 cm³/mol. The summed E-state index contributed by atoms with van der Waals surface area (Å²) in [4.78, 5) is 25.4. The number of hydrogen-bond donors (Lipinski definition) is 1. The van der Waals surface area contributed by atoms with E-state index in [0.29, 0.717) is 17.4 Å². The molecule has 0 fully saturated rings. The smallest absolute Gasteiger partial charge is 0.336 e. The second-order valence-corrected chi connectivity index (χ2v) is 10.8.